The summed E-state index contributed by atoms with van der Waals surface area (Å²) in [4.78, 5) is 14.1. The summed E-state index contributed by atoms with van der Waals surface area (Å²) in [5, 5.41) is 0. The summed E-state index contributed by atoms with van der Waals surface area (Å²) in [5.41, 5.74) is 1.59. The Bertz CT molecular complexity index is 696. The summed E-state index contributed by atoms with van der Waals surface area (Å²) in [6.45, 7) is 2.65. The van der Waals surface area contributed by atoms with E-state index in [1.54, 1.807) is 19.2 Å². The van der Waals surface area contributed by atoms with Gasteiger partial charge in [-0.05, 0) is 46.1 Å². The van der Waals surface area contributed by atoms with E-state index in [-0.39, 0.29) is 25.0 Å². The average molecular weight is 410 g/mol. The molecule has 4 nitrogen and oxygen atoms in total. The van der Waals surface area contributed by atoms with Gasteiger partial charge in [-0.1, -0.05) is 36.4 Å². The van der Waals surface area contributed by atoms with Gasteiger partial charge in [0.15, 0.2) is 0 Å². The Hall–Kier alpha value is -1.92. The van der Waals surface area contributed by atoms with E-state index in [0.29, 0.717) is 16.6 Å². The summed E-state index contributed by atoms with van der Waals surface area (Å²) in [7, 11) is 1.57. The van der Waals surface area contributed by atoms with Crippen LogP contribution >= 0.6 is 15.9 Å². The predicted octanol–water partition coefficient (Wildman–Crippen LogP) is 4.76. The quantitative estimate of drug-likeness (QED) is 0.661. The highest BCUT2D eigenvalue weighted by atomic mass is 79.9. The molecule has 2 rings (SSSR count). The highest BCUT2D eigenvalue weighted by Crippen LogP contribution is 2.19. The van der Waals surface area contributed by atoms with Crippen molar-refractivity contribution < 1.29 is 18.7 Å². The zero-order valence-electron chi connectivity index (χ0n) is 14.2. The molecular weight excluding hydrogens is 389 g/mol. The number of amides is 1. The zero-order chi connectivity index (χ0) is 18.2. The first-order valence-corrected chi connectivity index (χ1v) is 8.70. The number of ether oxygens (including phenoxy) is 2. The Balaban J connectivity index is 2.08. The van der Waals surface area contributed by atoms with Gasteiger partial charge in [-0.2, -0.15) is 0 Å². The lowest BCUT2D eigenvalue weighted by atomic mass is 10.2. The van der Waals surface area contributed by atoms with Crippen LogP contribution in [0.5, 0.6) is 0 Å². The van der Waals surface area contributed by atoms with Crippen LogP contribution in [0.3, 0.4) is 0 Å². The minimum atomic E-state index is -0.461. The minimum absolute atomic E-state index is 0.185. The second-order valence-corrected chi connectivity index (χ2v) is 6.58. The van der Waals surface area contributed by atoms with E-state index >= 15 is 0 Å². The molecule has 0 aromatic heterocycles. The molecule has 1 unspecified atom stereocenters. The number of halogens is 2. The van der Waals surface area contributed by atoms with Crippen LogP contribution in [-0.2, 0) is 22.6 Å². The number of hydrogen-bond donors (Lipinski definition) is 0. The maximum absolute atomic E-state index is 13.7. The van der Waals surface area contributed by atoms with E-state index < -0.39 is 6.09 Å². The summed E-state index contributed by atoms with van der Waals surface area (Å²) in [5.74, 6) is -0.366. The molecule has 0 aliphatic carbocycles. The molecule has 0 saturated heterocycles. The lowest BCUT2D eigenvalue weighted by Gasteiger charge is -2.28. The molecule has 0 aliphatic heterocycles. The summed E-state index contributed by atoms with van der Waals surface area (Å²) >= 11 is 3.13. The molecule has 0 spiro atoms. The zero-order valence-corrected chi connectivity index (χ0v) is 15.8. The van der Waals surface area contributed by atoms with Crippen molar-refractivity contribution in [1.29, 1.82) is 0 Å². The van der Waals surface area contributed by atoms with Gasteiger partial charge in [-0.3, -0.25) is 4.90 Å². The van der Waals surface area contributed by atoms with Gasteiger partial charge < -0.3 is 9.47 Å². The second-order valence-electron chi connectivity index (χ2n) is 5.72. The highest BCUT2D eigenvalue weighted by molar-refractivity contribution is 9.10. The Morgan fingerprint density at radius 1 is 1.20 bits per heavy atom. The average Bonchev–Trinajstić information content (AvgIpc) is 2.61. The fourth-order valence-electron chi connectivity index (χ4n) is 2.37. The van der Waals surface area contributed by atoms with Crippen LogP contribution in [0.1, 0.15) is 18.1 Å². The van der Waals surface area contributed by atoms with E-state index in [9.17, 15) is 9.18 Å². The van der Waals surface area contributed by atoms with E-state index in [2.05, 4.69) is 15.9 Å². The highest BCUT2D eigenvalue weighted by Gasteiger charge is 2.22. The Morgan fingerprint density at radius 2 is 1.92 bits per heavy atom. The standard InChI is InChI=1S/C19H21BrFNO3/c1-14(12-24-2)22(11-16-8-9-17(20)18(21)10-16)19(23)25-13-15-6-4-3-5-7-15/h3-10,14H,11-13H2,1-2H3. The number of rotatable bonds is 7. The first kappa shape index (κ1) is 19.4. The van der Waals surface area contributed by atoms with Crippen molar-refractivity contribution in [2.75, 3.05) is 13.7 Å². The molecule has 1 amide bonds. The van der Waals surface area contributed by atoms with Crippen LogP contribution in [0.4, 0.5) is 9.18 Å². The molecule has 0 saturated carbocycles. The molecule has 2 aromatic carbocycles. The lowest BCUT2D eigenvalue weighted by Crippen LogP contribution is -2.40. The summed E-state index contributed by atoms with van der Waals surface area (Å²) in [6.07, 6.45) is -0.461. The first-order chi connectivity index (χ1) is 12.0. The van der Waals surface area contributed by atoms with Gasteiger partial charge in [0.1, 0.15) is 12.4 Å². The molecule has 0 bridgehead atoms. The number of benzene rings is 2. The van der Waals surface area contributed by atoms with E-state index in [4.69, 9.17) is 9.47 Å². The Kier molecular flexibility index (Phi) is 7.40. The number of carbonyl (C=O) groups excluding carboxylic acids is 1. The van der Waals surface area contributed by atoms with Crippen LogP contribution < -0.4 is 0 Å². The van der Waals surface area contributed by atoms with Gasteiger partial charge in [0, 0.05) is 13.7 Å². The molecular formula is C19H21BrFNO3. The van der Waals surface area contributed by atoms with Gasteiger partial charge in [0.2, 0.25) is 0 Å². The normalized spacial score (nSPS) is 11.8. The van der Waals surface area contributed by atoms with Crippen LogP contribution in [0.25, 0.3) is 0 Å². The van der Waals surface area contributed by atoms with Gasteiger partial charge in [0.25, 0.3) is 0 Å². The molecule has 0 fully saturated rings. The third-order valence-corrected chi connectivity index (χ3v) is 4.36. The van der Waals surface area contributed by atoms with Crippen molar-refractivity contribution in [3.63, 3.8) is 0 Å². The number of hydrogen-bond acceptors (Lipinski definition) is 3. The van der Waals surface area contributed by atoms with Crippen LogP contribution in [0, 0.1) is 5.82 Å². The van der Waals surface area contributed by atoms with Gasteiger partial charge in [-0.25, -0.2) is 9.18 Å². The smallest absolute Gasteiger partial charge is 0.410 e. The molecule has 1 atom stereocenters. The SMILES string of the molecule is COCC(C)N(Cc1ccc(Br)c(F)c1)C(=O)OCc1ccccc1. The Morgan fingerprint density at radius 3 is 2.56 bits per heavy atom. The third-order valence-electron chi connectivity index (χ3n) is 3.72. The maximum Gasteiger partial charge on any atom is 0.410 e. The van der Waals surface area contributed by atoms with Gasteiger partial charge in [0.05, 0.1) is 17.1 Å². The van der Waals surface area contributed by atoms with Crippen LogP contribution in [0.2, 0.25) is 0 Å². The van der Waals surface area contributed by atoms with E-state index in [0.717, 1.165) is 5.56 Å². The molecule has 0 aliphatic rings. The molecule has 6 heteroatoms. The number of nitrogens with zero attached hydrogens (tertiary/aromatic N) is 1. The van der Waals surface area contributed by atoms with Crippen molar-refractivity contribution >= 4 is 22.0 Å². The number of methoxy groups -OCH3 is 1. The van der Waals surface area contributed by atoms with Crippen molar-refractivity contribution in [3.8, 4) is 0 Å². The molecule has 25 heavy (non-hydrogen) atoms. The van der Waals surface area contributed by atoms with Crippen molar-refractivity contribution in [2.24, 2.45) is 0 Å². The van der Waals surface area contributed by atoms with Gasteiger partial charge >= 0.3 is 6.09 Å². The van der Waals surface area contributed by atoms with Crippen molar-refractivity contribution in [1.82, 2.24) is 4.90 Å². The third kappa shape index (κ3) is 5.83. The second kappa shape index (κ2) is 9.53. The van der Waals surface area contributed by atoms with Crippen molar-refractivity contribution in [2.45, 2.75) is 26.1 Å². The summed E-state index contributed by atoms with van der Waals surface area (Å²) in [6, 6.07) is 14.0. The molecule has 0 heterocycles. The fourth-order valence-corrected chi connectivity index (χ4v) is 2.62. The largest absolute Gasteiger partial charge is 0.445 e. The predicted molar refractivity (Wildman–Crippen MR) is 97.6 cm³/mol. The summed E-state index contributed by atoms with van der Waals surface area (Å²) < 4.78 is 24.7. The Labute approximate surface area is 155 Å². The molecule has 134 valence electrons. The van der Waals surface area contributed by atoms with Crippen LogP contribution in [0.15, 0.2) is 53.0 Å². The molecule has 0 N–H and O–H groups in total. The van der Waals surface area contributed by atoms with E-state index in [1.807, 2.05) is 37.3 Å². The fraction of sp³-hybridized carbons (Fsp3) is 0.316. The van der Waals surface area contributed by atoms with Crippen LogP contribution in [-0.4, -0.2) is 30.8 Å². The first-order valence-electron chi connectivity index (χ1n) is 7.91. The minimum Gasteiger partial charge on any atom is -0.445 e. The monoisotopic (exact) mass is 409 g/mol. The topological polar surface area (TPSA) is 38.8 Å². The number of carbonyl (C=O) groups is 1. The lowest BCUT2D eigenvalue weighted by molar-refractivity contribution is 0.0558. The molecule has 0 radical (unpaired) electrons. The van der Waals surface area contributed by atoms with Crippen molar-refractivity contribution in [3.05, 3.63) is 69.9 Å². The maximum atomic E-state index is 13.7. The molecule has 2 aromatic rings. The van der Waals surface area contributed by atoms with Gasteiger partial charge in [-0.15, -0.1) is 0 Å². The van der Waals surface area contributed by atoms with E-state index in [1.165, 1.54) is 11.0 Å².